The van der Waals surface area contributed by atoms with Crippen molar-refractivity contribution >= 4 is 46.4 Å². The quantitative estimate of drug-likeness (QED) is 0.873. The van der Waals surface area contributed by atoms with E-state index in [-0.39, 0.29) is 17.7 Å². The SMILES string of the molecule is CC(=O)N(C)c1ccc(NC(=O)C2CC2(Cl)Cl)cc1. The van der Waals surface area contributed by atoms with Crippen LogP contribution in [0.3, 0.4) is 0 Å². The van der Waals surface area contributed by atoms with Gasteiger partial charge in [0.25, 0.3) is 0 Å². The second kappa shape index (κ2) is 5.02. The fourth-order valence-corrected chi connectivity index (χ4v) is 2.18. The molecule has 2 amide bonds. The number of rotatable bonds is 3. The molecule has 0 spiro atoms. The van der Waals surface area contributed by atoms with Crippen LogP contribution in [0.4, 0.5) is 11.4 Å². The molecule has 1 aliphatic carbocycles. The van der Waals surface area contributed by atoms with Crippen LogP contribution in [0.15, 0.2) is 24.3 Å². The lowest BCUT2D eigenvalue weighted by Gasteiger charge is -2.15. The van der Waals surface area contributed by atoms with E-state index < -0.39 is 4.33 Å². The molecule has 1 N–H and O–H groups in total. The summed E-state index contributed by atoms with van der Waals surface area (Å²) in [4.78, 5) is 24.5. The lowest BCUT2D eigenvalue weighted by molar-refractivity contribution is -0.117. The van der Waals surface area contributed by atoms with Crippen molar-refractivity contribution in [3.8, 4) is 0 Å². The second-order valence-corrected chi connectivity index (χ2v) is 6.17. The molecule has 1 atom stereocenters. The lowest BCUT2D eigenvalue weighted by atomic mass is 10.2. The predicted octanol–water partition coefficient (Wildman–Crippen LogP) is 2.80. The molecule has 1 unspecified atom stereocenters. The monoisotopic (exact) mass is 300 g/mol. The summed E-state index contributed by atoms with van der Waals surface area (Å²) in [5.74, 6) is -0.586. The number of nitrogens with one attached hydrogen (secondary N) is 1. The number of hydrogen-bond acceptors (Lipinski definition) is 2. The third-order valence-corrected chi connectivity index (χ3v) is 3.97. The van der Waals surface area contributed by atoms with Crippen LogP contribution in [0.1, 0.15) is 13.3 Å². The Hall–Kier alpha value is -1.26. The van der Waals surface area contributed by atoms with Crippen molar-refractivity contribution in [2.45, 2.75) is 17.7 Å². The summed E-state index contributed by atoms with van der Waals surface area (Å²) in [6, 6.07) is 7.00. The van der Waals surface area contributed by atoms with E-state index in [0.29, 0.717) is 12.1 Å². The fourth-order valence-electron chi connectivity index (χ4n) is 1.68. The van der Waals surface area contributed by atoms with Gasteiger partial charge in [0.05, 0.1) is 5.92 Å². The van der Waals surface area contributed by atoms with E-state index in [2.05, 4.69) is 5.32 Å². The maximum absolute atomic E-state index is 11.8. The Labute approximate surface area is 121 Å². The molecular formula is C13H14Cl2N2O2. The first-order valence-electron chi connectivity index (χ1n) is 5.84. The van der Waals surface area contributed by atoms with E-state index in [1.54, 1.807) is 31.3 Å². The van der Waals surface area contributed by atoms with Gasteiger partial charge in [0.2, 0.25) is 11.8 Å². The molecule has 19 heavy (non-hydrogen) atoms. The van der Waals surface area contributed by atoms with Crippen molar-refractivity contribution in [1.29, 1.82) is 0 Å². The van der Waals surface area contributed by atoms with Crippen LogP contribution in [-0.4, -0.2) is 23.2 Å². The minimum absolute atomic E-state index is 0.0520. The van der Waals surface area contributed by atoms with E-state index in [1.807, 2.05) is 0 Å². The van der Waals surface area contributed by atoms with E-state index in [4.69, 9.17) is 23.2 Å². The van der Waals surface area contributed by atoms with E-state index in [0.717, 1.165) is 5.69 Å². The number of carbonyl (C=O) groups is 2. The van der Waals surface area contributed by atoms with Gasteiger partial charge in [-0.1, -0.05) is 0 Å². The van der Waals surface area contributed by atoms with Crippen LogP contribution in [0.2, 0.25) is 0 Å². The molecule has 1 aromatic carbocycles. The van der Waals surface area contributed by atoms with Crippen molar-refractivity contribution in [2.75, 3.05) is 17.3 Å². The Morgan fingerprint density at radius 3 is 2.26 bits per heavy atom. The number of amides is 2. The summed E-state index contributed by atoms with van der Waals surface area (Å²) in [5, 5.41) is 2.74. The maximum Gasteiger partial charge on any atom is 0.230 e. The fraction of sp³-hybridized carbons (Fsp3) is 0.385. The molecule has 1 fully saturated rings. The van der Waals surface area contributed by atoms with Gasteiger partial charge in [0.1, 0.15) is 4.33 Å². The predicted molar refractivity (Wildman–Crippen MR) is 76.7 cm³/mol. The molecule has 1 saturated carbocycles. The molecule has 0 radical (unpaired) electrons. The van der Waals surface area contributed by atoms with Gasteiger partial charge in [-0.05, 0) is 30.7 Å². The lowest BCUT2D eigenvalue weighted by Crippen LogP contribution is -2.22. The molecule has 0 saturated heterocycles. The normalized spacial score (nSPS) is 19.7. The highest BCUT2D eigenvalue weighted by Crippen LogP contribution is 2.53. The Balaban J connectivity index is 1.99. The van der Waals surface area contributed by atoms with E-state index >= 15 is 0 Å². The van der Waals surface area contributed by atoms with Crippen molar-refractivity contribution < 1.29 is 9.59 Å². The first kappa shape index (κ1) is 14.2. The first-order valence-corrected chi connectivity index (χ1v) is 6.60. The molecule has 1 aliphatic rings. The molecule has 0 heterocycles. The van der Waals surface area contributed by atoms with Crippen LogP contribution >= 0.6 is 23.2 Å². The topological polar surface area (TPSA) is 49.4 Å². The molecule has 102 valence electrons. The van der Waals surface area contributed by atoms with Gasteiger partial charge in [-0.2, -0.15) is 0 Å². The van der Waals surface area contributed by atoms with Crippen LogP contribution in [-0.2, 0) is 9.59 Å². The summed E-state index contributed by atoms with van der Waals surface area (Å²) < 4.78 is -0.918. The van der Waals surface area contributed by atoms with Crippen molar-refractivity contribution in [1.82, 2.24) is 0 Å². The number of benzene rings is 1. The average molecular weight is 301 g/mol. The zero-order chi connectivity index (χ0) is 14.2. The maximum atomic E-state index is 11.8. The number of hydrogen-bond donors (Lipinski definition) is 1. The number of carbonyl (C=O) groups excluding carboxylic acids is 2. The van der Waals surface area contributed by atoms with Crippen molar-refractivity contribution in [2.24, 2.45) is 5.92 Å². The third-order valence-electron chi connectivity index (χ3n) is 3.14. The first-order chi connectivity index (χ1) is 8.81. The number of halogens is 2. The van der Waals surface area contributed by atoms with Crippen LogP contribution in [0.25, 0.3) is 0 Å². The van der Waals surface area contributed by atoms with Crippen molar-refractivity contribution in [3.63, 3.8) is 0 Å². The minimum atomic E-state index is -0.918. The zero-order valence-electron chi connectivity index (χ0n) is 10.6. The van der Waals surface area contributed by atoms with Gasteiger partial charge in [0, 0.05) is 25.3 Å². The van der Waals surface area contributed by atoms with Crippen molar-refractivity contribution in [3.05, 3.63) is 24.3 Å². The Bertz CT molecular complexity index is 514. The highest BCUT2D eigenvalue weighted by atomic mass is 35.5. The summed E-state index contributed by atoms with van der Waals surface area (Å²) in [6.07, 6.45) is 0.479. The van der Waals surface area contributed by atoms with E-state index in [9.17, 15) is 9.59 Å². The molecule has 4 nitrogen and oxygen atoms in total. The van der Waals surface area contributed by atoms with Gasteiger partial charge in [0.15, 0.2) is 0 Å². The summed E-state index contributed by atoms with van der Waals surface area (Å²) >= 11 is 11.7. The molecule has 2 rings (SSSR count). The molecular weight excluding hydrogens is 287 g/mol. The second-order valence-electron chi connectivity index (χ2n) is 4.63. The van der Waals surface area contributed by atoms with Gasteiger partial charge in [-0.25, -0.2) is 0 Å². The highest BCUT2D eigenvalue weighted by Gasteiger charge is 2.56. The zero-order valence-corrected chi connectivity index (χ0v) is 12.1. The highest BCUT2D eigenvalue weighted by molar-refractivity contribution is 6.52. The summed E-state index contributed by atoms with van der Waals surface area (Å²) in [5.41, 5.74) is 1.42. The van der Waals surface area contributed by atoms with Crippen LogP contribution in [0.5, 0.6) is 0 Å². The molecule has 0 aromatic heterocycles. The third kappa shape index (κ3) is 3.19. The number of alkyl halides is 2. The standard InChI is InChI=1S/C13H14Cl2N2O2/c1-8(18)17(2)10-5-3-9(4-6-10)16-12(19)11-7-13(11,14)15/h3-6,11H,7H2,1-2H3,(H,16,19). The van der Waals surface area contributed by atoms with Crippen LogP contribution in [0, 0.1) is 5.92 Å². The molecule has 1 aromatic rings. The molecule has 0 aliphatic heterocycles. The average Bonchev–Trinajstić information content (AvgIpc) is 2.98. The summed E-state index contributed by atoms with van der Waals surface area (Å²) in [6.45, 7) is 1.49. The van der Waals surface area contributed by atoms with Gasteiger partial charge in [-0.15, -0.1) is 23.2 Å². The Morgan fingerprint density at radius 2 is 1.84 bits per heavy atom. The molecule has 6 heteroatoms. The smallest absolute Gasteiger partial charge is 0.230 e. The Kier molecular flexibility index (Phi) is 3.74. The van der Waals surface area contributed by atoms with Gasteiger partial charge >= 0.3 is 0 Å². The number of anilines is 2. The van der Waals surface area contributed by atoms with E-state index in [1.165, 1.54) is 11.8 Å². The summed E-state index contributed by atoms with van der Waals surface area (Å²) in [7, 11) is 1.69. The van der Waals surface area contributed by atoms with Gasteiger partial charge in [-0.3, -0.25) is 9.59 Å². The minimum Gasteiger partial charge on any atom is -0.326 e. The van der Waals surface area contributed by atoms with Crippen LogP contribution < -0.4 is 10.2 Å². The number of nitrogens with zero attached hydrogens (tertiary/aromatic N) is 1. The van der Waals surface area contributed by atoms with Gasteiger partial charge < -0.3 is 10.2 Å². The molecule has 0 bridgehead atoms. The largest absolute Gasteiger partial charge is 0.326 e. The Morgan fingerprint density at radius 1 is 1.32 bits per heavy atom.